The number of hydrogen-bond acceptors (Lipinski definition) is 4. The normalized spacial score (nSPS) is 10.2. The van der Waals surface area contributed by atoms with Crippen molar-refractivity contribution in [2.75, 3.05) is 7.11 Å². The molecule has 5 nitrogen and oxygen atoms in total. The maximum Gasteiger partial charge on any atom is 0.377 e. The van der Waals surface area contributed by atoms with Gasteiger partial charge in [-0.05, 0) is 17.7 Å². The Morgan fingerprint density at radius 3 is 2.76 bits per heavy atom. The first-order valence-electron chi connectivity index (χ1n) is 4.93. The molecule has 1 N–H and O–H groups in total. The number of methoxy groups -OCH3 is 1. The van der Waals surface area contributed by atoms with Crippen molar-refractivity contribution in [3.05, 3.63) is 47.3 Å². The lowest BCUT2D eigenvalue weighted by Crippen LogP contribution is -2.03. The van der Waals surface area contributed by atoms with Gasteiger partial charge in [-0.2, -0.15) is 0 Å². The molecule has 2 aromatic rings. The fraction of sp³-hybridized carbons (Fsp3) is 0.182. The van der Waals surface area contributed by atoms with E-state index in [1.807, 2.05) is 0 Å². The third kappa shape index (κ3) is 2.66. The van der Waals surface area contributed by atoms with E-state index >= 15 is 0 Å². The van der Waals surface area contributed by atoms with Crippen LogP contribution in [0.4, 0.5) is 4.39 Å². The topological polar surface area (TPSA) is 67.9 Å². The van der Waals surface area contributed by atoms with E-state index in [4.69, 9.17) is 0 Å². The molecular weight excluding hydrogens is 225 g/mol. The molecule has 17 heavy (non-hydrogen) atoms. The van der Waals surface area contributed by atoms with Crippen molar-refractivity contribution >= 4 is 5.97 Å². The largest absolute Gasteiger partial charge is 0.463 e. The number of esters is 1. The molecule has 1 aromatic carbocycles. The van der Waals surface area contributed by atoms with Crippen molar-refractivity contribution in [2.24, 2.45) is 0 Å². The van der Waals surface area contributed by atoms with Crippen LogP contribution in [0.5, 0.6) is 0 Å². The van der Waals surface area contributed by atoms with Crippen molar-refractivity contribution < 1.29 is 13.9 Å². The summed E-state index contributed by atoms with van der Waals surface area (Å²) in [5, 5.41) is 6.34. The molecule has 0 bridgehead atoms. The van der Waals surface area contributed by atoms with E-state index in [2.05, 4.69) is 19.9 Å². The predicted molar refractivity (Wildman–Crippen MR) is 56.9 cm³/mol. The first kappa shape index (κ1) is 11.3. The van der Waals surface area contributed by atoms with E-state index in [0.29, 0.717) is 12.2 Å². The molecule has 1 aromatic heterocycles. The highest BCUT2D eigenvalue weighted by Gasteiger charge is 2.12. The molecule has 0 aliphatic heterocycles. The SMILES string of the molecule is COC(=O)c1n[nH]c(Cc2ccc(F)cc2)n1. The highest BCUT2D eigenvalue weighted by atomic mass is 19.1. The molecule has 0 amide bonds. The Bertz CT molecular complexity index is 522. The van der Waals surface area contributed by atoms with Crippen LogP contribution in [0.3, 0.4) is 0 Å². The van der Waals surface area contributed by atoms with E-state index in [1.54, 1.807) is 12.1 Å². The van der Waals surface area contributed by atoms with Gasteiger partial charge in [0, 0.05) is 6.42 Å². The van der Waals surface area contributed by atoms with Gasteiger partial charge in [-0.3, -0.25) is 5.10 Å². The van der Waals surface area contributed by atoms with Crippen LogP contribution in [0, 0.1) is 5.82 Å². The van der Waals surface area contributed by atoms with Crippen LogP contribution in [0.25, 0.3) is 0 Å². The predicted octanol–water partition coefficient (Wildman–Crippen LogP) is 1.32. The van der Waals surface area contributed by atoms with Gasteiger partial charge < -0.3 is 4.74 Å². The molecular formula is C11H10FN3O2. The third-order valence-electron chi connectivity index (χ3n) is 2.18. The van der Waals surface area contributed by atoms with Gasteiger partial charge in [0.2, 0.25) is 0 Å². The van der Waals surface area contributed by atoms with Crippen molar-refractivity contribution in [1.82, 2.24) is 15.2 Å². The number of nitrogens with zero attached hydrogens (tertiary/aromatic N) is 2. The van der Waals surface area contributed by atoms with Gasteiger partial charge in [-0.15, -0.1) is 5.10 Å². The molecule has 0 aliphatic carbocycles. The Morgan fingerprint density at radius 1 is 1.41 bits per heavy atom. The number of carbonyl (C=O) groups excluding carboxylic acids is 1. The molecule has 0 aliphatic rings. The summed E-state index contributed by atoms with van der Waals surface area (Å²) in [6.45, 7) is 0. The minimum Gasteiger partial charge on any atom is -0.463 e. The second-order valence-electron chi connectivity index (χ2n) is 3.40. The Hall–Kier alpha value is -2.24. The number of nitrogens with one attached hydrogen (secondary N) is 1. The van der Waals surface area contributed by atoms with Gasteiger partial charge >= 0.3 is 5.97 Å². The number of benzene rings is 1. The van der Waals surface area contributed by atoms with Crippen LogP contribution >= 0.6 is 0 Å². The molecule has 0 fully saturated rings. The van der Waals surface area contributed by atoms with Crippen molar-refractivity contribution in [1.29, 1.82) is 0 Å². The minimum atomic E-state index is -0.591. The van der Waals surface area contributed by atoms with Crippen LogP contribution in [-0.4, -0.2) is 28.3 Å². The molecule has 88 valence electrons. The summed E-state index contributed by atoms with van der Waals surface area (Å²) in [6, 6.07) is 6.03. The van der Waals surface area contributed by atoms with E-state index < -0.39 is 5.97 Å². The monoisotopic (exact) mass is 235 g/mol. The Balaban J connectivity index is 2.11. The summed E-state index contributed by atoms with van der Waals surface area (Å²) in [5.41, 5.74) is 0.874. The Morgan fingerprint density at radius 2 is 2.12 bits per heavy atom. The maximum absolute atomic E-state index is 12.7. The standard InChI is InChI=1S/C11H10FN3O2/c1-17-11(16)10-13-9(14-15-10)6-7-2-4-8(12)5-3-7/h2-5H,6H2,1H3,(H,13,14,15). The number of ether oxygens (including phenoxy) is 1. The van der Waals surface area contributed by atoms with Crippen LogP contribution in [0.1, 0.15) is 22.0 Å². The Kier molecular flexibility index (Phi) is 3.13. The lowest BCUT2D eigenvalue weighted by atomic mass is 10.1. The number of halogens is 1. The zero-order valence-electron chi connectivity index (χ0n) is 9.11. The van der Waals surface area contributed by atoms with Crippen LogP contribution < -0.4 is 0 Å². The number of aromatic nitrogens is 3. The summed E-state index contributed by atoms with van der Waals surface area (Å²) in [7, 11) is 1.26. The van der Waals surface area contributed by atoms with E-state index in [9.17, 15) is 9.18 Å². The maximum atomic E-state index is 12.7. The van der Waals surface area contributed by atoms with E-state index in [1.165, 1.54) is 19.2 Å². The van der Waals surface area contributed by atoms with Gasteiger partial charge in [-0.25, -0.2) is 14.2 Å². The summed E-state index contributed by atoms with van der Waals surface area (Å²) in [6.07, 6.45) is 0.449. The summed E-state index contributed by atoms with van der Waals surface area (Å²) < 4.78 is 17.2. The number of hydrogen-bond donors (Lipinski definition) is 1. The number of rotatable bonds is 3. The molecule has 0 spiro atoms. The van der Waals surface area contributed by atoms with Gasteiger partial charge in [0.1, 0.15) is 11.6 Å². The van der Waals surface area contributed by atoms with Gasteiger partial charge in [0.25, 0.3) is 5.82 Å². The quantitative estimate of drug-likeness (QED) is 0.815. The zero-order chi connectivity index (χ0) is 12.3. The third-order valence-corrected chi connectivity index (χ3v) is 2.18. The number of H-pyrrole nitrogens is 1. The summed E-state index contributed by atoms with van der Waals surface area (Å²) in [4.78, 5) is 15.1. The highest BCUT2D eigenvalue weighted by molar-refractivity contribution is 5.84. The second-order valence-corrected chi connectivity index (χ2v) is 3.40. The lowest BCUT2D eigenvalue weighted by molar-refractivity contribution is 0.0587. The molecule has 6 heteroatoms. The number of carbonyl (C=O) groups is 1. The summed E-state index contributed by atoms with van der Waals surface area (Å²) >= 11 is 0. The minimum absolute atomic E-state index is 0.00962. The van der Waals surface area contributed by atoms with Crippen molar-refractivity contribution in [3.63, 3.8) is 0 Å². The second kappa shape index (κ2) is 4.73. The highest BCUT2D eigenvalue weighted by Crippen LogP contribution is 2.07. The van der Waals surface area contributed by atoms with Crippen LogP contribution in [-0.2, 0) is 11.2 Å². The Labute approximate surface area is 96.6 Å². The number of aromatic amines is 1. The zero-order valence-corrected chi connectivity index (χ0v) is 9.11. The summed E-state index contributed by atoms with van der Waals surface area (Å²) in [5.74, 6) is -0.366. The molecule has 1 heterocycles. The average molecular weight is 235 g/mol. The smallest absolute Gasteiger partial charge is 0.377 e. The molecule has 0 saturated carbocycles. The van der Waals surface area contributed by atoms with Crippen molar-refractivity contribution in [3.8, 4) is 0 Å². The molecule has 0 radical (unpaired) electrons. The fourth-order valence-electron chi connectivity index (χ4n) is 1.35. The molecule has 2 rings (SSSR count). The first-order chi connectivity index (χ1) is 8.19. The molecule has 0 unspecified atom stereocenters. The fourth-order valence-corrected chi connectivity index (χ4v) is 1.35. The van der Waals surface area contributed by atoms with Crippen LogP contribution in [0.2, 0.25) is 0 Å². The lowest BCUT2D eigenvalue weighted by Gasteiger charge is -1.96. The van der Waals surface area contributed by atoms with Crippen molar-refractivity contribution in [2.45, 2.75) is 6.42 Å². The van der Waals surface area contributed by atoms with E-state index in [0.717, 1.165) is 5.56 Å². The van der Waals surface area contributed by atoms with Gasteiger partial charge in [0.15, 0.2) is 0 Å². The van der Waals surface area contributed by atoms with Crippen LogP contribution in [0.15, 0.2) is 24.3 Å². The van der Waals surface area contributed by atoms with Gasteiger partial charge in [0.05, 0.1) is 7.11 Å². The first-order valence-corrected chi connectivity index (χ1v) is 4.93. The van der Waals surface area contributed by atoms with E-state index in [-0.39, 0.29) is 11.6 Å². The molecule has 0 atom stereocenters. The average Bonchev–Trinajstić information content (AvgIpc) is 2.80. The molecule has 0 saturated heterocycles. The van der Waals surface area contributed by atoms with Gasteiger partial charge in [-0.1, -0.05) is 12.1 Å².